The van der Waals surface area contributed by atoms with E-state index in [9.17, 15) is 19.5 Å². The van der Waals surface area contributed by atoms with Crippen molar-refractivity contribution in [3.63, 3.8) is 0 Å². The number of hydrogen-bond donors (Lipinski definition) is 3. The van der Waals surface area contributed by atoms with Crippen LogP contribution in [-0.2, 0) is 25.7 Å². The molecule has 1 spiro atoms. The second-order valence-electron chi connectivity index (χ2n) is 8.76. The highest BCUT2D eigenvalue weighted by Crippen LogP contribution is 2.64. The molecule has 168 valence electrons. The highest BCUT2D eigenvalue weighted by Gasteiger charge is 2.78. The topological polar surface area (TPSA) is 108 Å². The van der Waals surface area contributed by atoms with Crippen LogP contribution >= 0.6 is 0 Å². The van der Waals surface area contributed by atoms with Crippen molar-refractivity contribution in [1.29, 1.82) is 0 Å². The van der Waals surface area contributed by atoms with Crippen molar-refractivity contribution >= 4 is 17.7 Å². The SMILES string of the molecule is CC[C@]12CCC3(O1)C(C(=O)NCc1ccccc1)N(CCCO)C(=O)[C@@H]3[C@H]2C(=O)NC. The van der Waals surface area contributed by atoms with Gasteiger partial charge in [0.05, 0.1) is 17.4 Å². The van der Waals surface area contributed by atoms with E-state index in [1.54, 1.807) is 7.05 Å². The number of rotatable bonds is 8. The normalized spacial score (nSPS) is 33.5. The Kier molecular flexibility index (Phi) is 5.79. The van der Waals surface area contributed by atoms with Gasteiger partial charge in [0.25, 0.3) is 0 Å². The van der Waals surface area contributed by atoms with Gasteiger partial charge in [0.1, 0.15) is 11.6 Å². The van der Waals surface area contributed by atoms with Gasteiger partial charge in [-0.3, -0.25) is 14.4 Å². The summed E-state index contributed by atoms with van der Waals surface area (Å²) in [6.07, 6.45) is 2.16. The number of hydrogen-bond acceptors (Lipinski definition) is 5. The van der Waals surface area contributed by atoms with Gasteiger partial charge in [-0.2, -0.15) is 0 Å². The third-order valence-electron chi connectivity index (χ3n) is 7.32. The summed E-state index contributed by atoms with van der Waals surface area (Å²) in [5.41, 5.74) is -0.775. The Hall–Kier alpha value is -2.45. The summed E-state index contributed by atoms with van der Waals surface area (Å²) in [6.45, 7) is 2.48. The quantitative estimate of drug-likeness (QED) is 0.561. The maximum absolute atomic E-state index is 13.6. The van der Waals surface area contributed by atoms with Gasteiger partial charge in [-0.25, -0.2) is 0 Å². The Bertz CT molecular complexity index is 862. The zero-order valence-electron chi connectivity index (χ0n) is 18.1. The molecule has 2 bridgehead atoms. The fraction of sp³-hybridized carbons (Fsp3) is 0.609. The number of aliphatic hydroxyl groups excluding tert-OH is 1. The number of aliphatic hydroxyl groups is 1. The molecular formula is C23H31N3O5. The predicted octanol–water partition coefficient (Wildman–Crippen LogP) is 0.586. The molecule has 4 rings (SSSR count). The summed E-state index contributed by atoms with van der Waals surface area (Å²) in [5.74, 6) is -2.02. The Balaban J connectivity index is 1.68. The van der Waals surface area contributed by atoms with Crippen LogP contribution in [0.3, 0.4) is 0 Å². The van der Waals surface area contributed by atoms with Gasteiger partial charge < -0.3 is 25.4 Å². The van der Waals surface area contributed by atoms with E-state index in [-0.39, 0.29) is 30.9 Å². The minimum absolute atomic E-state index is 0.0849. The first-order chi connectivity index (χ1) is 14.9. The van der Waals surface area contributed by atoms with Gasteiger partial charge in [0.15, 0.2) is 0 Å². The van der Waals surface area contributed by atoms with E-state index < -0.39 is 29.1 Å². The van der Waals surface area contributed by atoms with Crippen molar-refractivity contribution in [1.82, 2.24) is 15.5 Å². The van der Waals surface area contributed by atoms with Gasteiger partial charge in [-0.15, -0.1) is 0 Å². The number of benzene rings is 1. The number of amides is 3. The van der Waals surface area contributed by atoms with Crippen LogP contribution in [0.4, 0.5) is 0 Å². The molecular weight excluding hydrogens is 398 g/mol. The Morgan fingerprint density at radius 3 is 2.61 bits per heavy atom. The van der Waals surface area contributed by atoms with Crippen LogP contribution in [0.1, 0.15) is 38.2 Å². The number of carbonyl (C=O) groups is 3. The number of fused-ring (bicyclic) bond motifs is 1. The van der Waals surface area contributed by atoms with Crippen LogP contribution < -0.4 is 10.6 Å². The Labute approximate surface area is 182 Å². The van der Waals surface area contributed by atoms with Crippen LogP contribution in [0.5, 0.6) is 0 Å². The predicted molar refractivity (Wildman–Crippen MR) is 113 cm³/mol. The van der Waals surface area contributed by atoms with Gasteiger partial charge in [-0.05, 0) is 31.2 Å². The number of likely N-dealkylation sites (tertiary alicyclic amines) is 1. The molecule has 2 unspecified atom stereocenters. The van der Waals surface area contributed by atoms with E-state index in [4.69, 9.17) is 4.74 Å². The van der Waals surface area contributed by atoms with Crippen LogP contribution in [0, 0.1) is 11.8 Å². The molecule has 8 nitrogen and oxygen atoms in total. The summed E-state index contributed by atoms with van der Waals surface area (Å²) in [4.78, 5) is 41.4. The molecule has 0 saturated carbocycles. The van der Waals surface area contributed by atoms with E-state index in [2.05, 4.69) is 10.6 Å². The van der Waals surface area contributed by atoms with Crippen LogP contribution in [0.2, 0.25) is 0 Å². The van der Waals surface area contributed by atoms with Crippen molar-refractivity contribution in [3.05, 3.63) is 35.9 Å². The molecule has 0 aliphatic carbocycles. The zero-order chi connectivity index (χ0) is 22.2. The molecule has 1 aromatic rings. The molecule has 1 aromatic carbocycles. The summed E-state index contributed by atoms with van der Waals surface area (Å²) >= 11 is 0. The first kappa shape index (κ1) is 21.8. The van der Waals surface area contributed by atoms with E-state index in [0.29, 0.717) is 32.2 Å². The third kappa shape index (κ3) is 3.24. The van der Waals surface area contributed by atoms with E-state index in [0.717, 1.165) is 5.56 Å². The van der Waals surface area contributed by atoms with E-state index in [1.165, 1.54) is 4.90 Å². The van der Waals surface area contributed by atoms with Crippen molar-refractivity contribution in [2.75, 3.05) is 20.2 Å². The first-order valence-corrected chi connectivity index (χ1v) is 11.1. The summed E-state index contributed by atoms with van der Waals surface area (Å²) < 4.78 is 6.58. The zero-order valence-corrected chi connectivity index (χ0v) is 18.1. The average molecular weight is 430 g/mol. The lowest BCUT2D eigenvalue weighted by Gasteiger charge is -2.33. The van der Waals surface area contributed by atoms with Crippen molar-refractivity contribution in [2.45, 2.75) is 56.4 Å². The minimum atomic E-state index is -1.01. The molecule has 3 N–H and O–H groups in total. The molecule has 3 aliphatic heterocycles. The lowest BCUT2D eigenvalue weighted by Crippen LogP contribution is -2.55. The first-order valence-electron chi connectivity index (χ1n) is 11.1. The van der Waals surface area contributed by atoms with Gasteiger partial charge in [-0.1, -0.05) is 37.3 Å². The number of nitrogens with zero attached hydrogens (tertiary/aromatic N) is 1. The minimum Gasteiger partial charge on any atom is -0.396 e. The van der Waals surface area contributed by atoms with Crippen LogP contribution in [0.15, 0.2) is 30.3 Å². The lowest BCUT2D eigenvalue weighted by molar-refractivity contribution is -0.147. The monoisotopic (exact) mass is 429 g/mol. The smallest absolute Gasteiger partial charge is 0.246 e. The highest BCUT2D eigenvalue weighted by atomic mass is 16.5. The molecule has 0 radical (unpaired) electrons. The molecule has 3 fully saturated rings. The van der Waals surface area contributed by atoms with Crippen LogP contribution in [0.25, 0.3) is 0 Å². The summed E-state index contributed by atoms with van der Waals surface area (Å²) in [7, 11) is 1.57. The molecule has 3 heterocycles. The van der Waals surface area contributed by atoms with Crippen molar-refractivity contribution in [3.8, 4) is 0 Å². The molecule has 0 aromatic heterocycles. The van der Waals surface area contributed by atoms with Gasteiger partial charge in [0, 0.05) is 26.7 Å². The van der Waals surface area contributed by atoms with Gasteiger partial charge in [0.2, 0.25) is 17.7 Å². The second kappa shape index (κ2) is 8.24. The van der Waals surface area contributed by atoms with Crippen molar-refractivity contribution < 1.29 is 24.2 Å². The standard InChI is InChI=1S/C23H31N3O5/c1-3-22-10-11-23(31-22)17(16(22)19(28)24-2)21(30)26(12-7-13-27)18(23)20(29)25-14-15-8-5-4-6-9-15/h4-6,8-9,16-18,27H,3,7,10-14H2,1-2H3,(H,24,28)(H,25,29)/t16-,17-,18?,22+,23?/m0/s1. The molecule has 3 amide bonds. The Morgan fingerprint density at radius 2 is 1.97 bits per heavy atom. The molecule has 5 atom stereocenters. The van der Waals surface area contributed by atoms with E-state index in [1.807, 2.05) is 37.3 Å². The fourth-order valence-corrected chi connectivity index (χ4v) is 5.94. The third-order valence-corrected chi connectivity index (χ3v) is 7.32. The highest BCUT2D eigenvalue weighted by molar-refractivity contribution is 5.99. The molecule has 3 saturated heterocycles. The van der Waals surface area contributed by atoms with Crippen molar-refractivity contribution in [2.24, 2.45) is 11.8 Å². The van der Waals surface area contributed by atoms with E-state index >= 15 is 0 Å². The summed E-state index contributed by atoms with van der Waals surface area (Å²) in [5, 5.41) is 15.0. The summed E-state index contributed by atoms with van der Waals surface area (Å²) in [6, 6.07) is 8.76. The number of nitrogens with one attached hydrogen (secondary N) is 2. The largest absolute Gasteiger partial charge is 0.396 e. The average Bonchev–Trinajstić information content (AvgIpc) is 3.40. The van der Waals surface area contributed by atoms with Gasteiger partial charge >= 0.3 is 0 Å². The van der Waals surface area contributed by atoms with Crippen LogP contribution in [-0.4, -0.2) is 65.2 Å². The fourth-order valence-electron chi connectivity index (χ4n) is 5.94. The molecule has 8 heteroatoms. The Morgan fingerprint density at radius 1 is 1.23 bits per heavy atom. The number of ether oxygens (including phenoxy) is 1. The maximum atomic E-state index is 13.6. The number of carbonyl (C=O) groups excluding carboxylic acids is 3. The molecule has 31 heavy (non-hydrogen) atoms. The lowest BCUT2D eigenvalue weighted by atomic mass is 9.65. The second-order valence-corrected chi connectivity index (χ2v) is 8.76. The maximum Gasteiger partial charge on any atom is 0.246 e. The molecule has 3 aliphatic rings.